The molecule has 0 spiro atoms. The van der Waals surface area contributed by atoms with Gasteiger partial charge in [-0.15, -0.1) is 0 Å². The molecule has 1 unspecified atom stereocenters. The smallest absolute Gasteiger partial charge is 0.214 e. The molecule has 0 saturated carbocycles. The molecule has 0 aliphatic rings. The fraction of sp³-hybridized carbons (Fsp3) is 0.571. The number of hydrogen-bond acceptors (Lipinski definition) is 3. The Balaban J connectivity index is 2.85. The molecule has 0 amide bonds. The van der Waals surface area contributed by atoms with Gasteiger partial charge in [0.25, 0.3) is 0 Å². The predicted molar refractivity (Wildman–Crippen MR) is 69.4 cm³/mol. The van der Waals surface area contributed by atoms with E-state index in [1.54, 1.807) is 34.6 Å². The number of aliphatic hydroxyl groups is 1. The summed E-state index contributed by atoms with van der Waals surface area (Å²) in [6, 6.07) is 3.25. The maximum atomic E-state index is 13.2. The first-order valence-corrected chi connectivity index (χ1v) is 6.10. The van der Waals surface area contributed by atoms with E-state index in [4.69, 9.17) is 4.74 Å². The lowest BCUT2D eigenvalue weighted by Gasteiger charge is -2.33. The summed E-state index contributed by atoms with van der Waals surface area (Å²) in [5.41, 5.74) is -0.981. The highest BCUT2D eigenvalue weighted by Gasteiger charge is 2.27. The minimum absolute atomic E-state index is 0.390. The summed E-state index contributed by atoms with van der Waals surface area (Å²) in [7, 11) is 0. The molecule has 19 heavy (non-hydrogen) atoms. The maximum absolute atomic E-state index is 13.2. The van der Waals surface area contributed by atoms with Crippen LogP contribution in [-0.4, -0.2) is 17.1 Å². The van der Waals surface area contributed by atoms with Crippen LogP contribution in [0.25, 0.3) is 0 Å². The summed E-state index contributed by atoms with van der Waals surface area (Å²) in [6.07, 6.45) is -1.23. The van der Waals surface area contributed by atoms with Crippen molar-refractivity contribution in [3.63, 3.8) is 0 Å². The van der Waals surface area contributed by atoms with Crippen LogP contribution in [0.3, 0.4) is 0 Å². The number of nitrogens with one attached hydrogen (secondary N) is 1. The van der Waals surface area contributed by atoms with E-state index in [0.717, 1.165) is 6.07 Å². The third-order valence-corrected chi connectivity index (χ3v) is 2.53. The topological polar surface area (TPSA) is 41.5 Å². The van der Waals surface area contributed by atoms with E-state index in [2.05, 4.69) is 5.32 Å². The van der Waals surface area contributed by atoms with Gasteiger partial charge in [0.1, 0.15) is 11.6 Å². The summed E-state index contributed by atoms with van der Waals surface area (Å²) in [5.74, 6) is -1.31. The van der Waals surface area contributed by atoms with Crippen molar-refractivity contribution in [2.45, 2.75) is 52.2 Å². The SMILES string of the molecule is CC(C)(C)OC(O)NC(C)(C)c1cc(F)cc(F)c1. The number of halogens is 2. The first-order chi connectivity index (χ1) is 8.49. The minimum Gasteiger partial charge on any atom is -0.356 e. The number of rotatable bonds is 4. The number of ether oxygens (including phenoxy) is 1. The Labute approximate surface area is 112 Å². The second-order valence-electron chi connectivity index (χ2n) is 6.01. The van der Waals surface area contributed by atoms with Crippen LogP contribution in [0.2, 0.25) is 0 Å². The normalized spacial score (nSPS) is 14.5. The molecule has 1 aromatic carbocycles. The molecule has 0 saturated heterocycles. The van der Waals surface area contributed by atoms with Crippen molar-refractivity contribution in [1.82, 2.24) is 5.32 Å². The summed E-state index contributed by atoms with van der Waals surface area (Å²) in [4.78, 5) is 0. The molecule has 5 heteroatoms. The van der Waals surface area contributed by atoms with E-state index in [0.29, 0.717) is 5.56 Å². The monoisotopic (exact) mass is 273 g/mol. The highest BCUT2D eigenvalue weighted by Crippen LogP contribution is 2.23. The van der Waals surface area contributed by atoms with Crippen LogP contribution in [0.1, 0.15) is 40.2 Å². The zero-order chi connectivity index (χ0) is 14.8. The zero-order valence-electron chi connectivity index (χ0n) is 11.9. The van der Waals surface area contributed by atoms with Crippen LogP contribution in [0, 0.1) is 11.6 Å². The summed E-state index contributed by atoms with van der Waals surface area (Å²) in [5, 5.41) is 12.6. The lowest BCUT2D eigenvalue weighted by atomic mass is 9.94. The maximum Gasteiger partial charge on any atom is 0.214 e. The first kappa shape index (κ1) is 16.0. The average Bonchev–Trinajstić information content (AvgIpc) is 2.11. The highest BCUT2D eigenvalue weighted by atomic mass is 19.1. The zero-order valence-corrected chi connectivity index (χ0v) is 11.9. The molecule has 0 aliphatic carbocycles. The van der Waals surface area contributed by atoms with Gasteiger partial charge in [-0.05, 0) is 52.3 Å². The molecule has 1 rings (SSSR count). The molecule has 3 nitrogen and oxygen atoms in total. The van der Waals surface area contributed by atoms with Crippen LogP contribution in [-0.2, 0) is 10.3 Å². The Morgan fingerprint density at radius 3 is 1.95 bits per heavy atom. The molecule has 108 valence electrons. The lowest BCUT2D eigenvalue weighted by molar-refractivity contribution is -0.191. The second kappa shape index (κ2) is 5.53. The van der Waals surface area contributed by atoms with Crippen molar-refractivity contribution < 1.29 is 18.6 Å². The van der Waals surface area contributed by atoms with Crippen LogP contribution in [0.15, 0.2) is 18.2 Å². The molecule has 0 heterocycles. The van der Waals surface area contributed by atoms with Gasteiger partial charge in [-0.1, -0.05) is 0 Å². The molecule has 1 atom stereocenters. The van der Waals surface area contributed by atoms with Gasteiger partial charge < -0.3 is 9.84 Å². The van der Waals surface area contributed by atoms with Gasteiger partial charge in [0.2, 0.25) is 6.41 Å². The Morgan fingerprint density at radius 1 is 1.05 bits per heavy atom. The fourth-order valence-corrected chi connectivity index (χ4v) is 1.67. The molecule has 2 N–H and O–H groups in total. The van der Waals surface area contributed by atoms with Crippen LogP contribution in [0.5, 0.6) is 0 Å². The third-order valence-electron chi connectivity index (χ3n) is 2.53. The number of hydrogen-bond donors (Lipinski definition) is 2. The van der Waals surface area contributed by atoms with E-state index < -0.39 is 29.2 Å². The van der Waals surface area contributed by atoms with Gasteiger partial charge in [0.05, 0.1) is 5.60 Å². The van der Waals surface area contributed by atoms with E-state index >= 15 is 0 Å². The van der Waals surface area contributed by atoms with Gasteiger partial charge in [-0.3, -0.25) is 5.32 Å². The Bertz CT molecular complexity index is 421. The van der Waals surface area contributed by atoms with Gasteiger partial charge in [0.15, 0.2) is 0 Å². The van der Waals surface area contributed by atoms with Crippen LogP contribution < -0.4 is 5.32 Å². The Kier molecular flexibility index (Phi) is 4.66. The first-order valence-electron chi connectivity index (χ1n) is 6.10. The van der Waals surface area contributed by atoms with Crippen molar-refractivity contribution in [2.24, 2.45) is 0 Å². The van der Waals surface area contributed by atoms with Crippen LogP contribution in [0.4, 0.5) is 8.78 Å². The predicted octanol–water partition coefficient (Wildman–Crippen LogP) is 2.88. The van der Waals surface area contributed by atoms with Crippen molar-refractivity contribution in [3.8, 4) is 0 Å². The van der Waals surface area contributed by atoms with Crippen molar-refractivity contribution in [1.29, 1.82) is 0 Å². The molecule has 1 aromatic rings. The standard InChI is InChI=1S/C14H21F2NO2/c1-13(2,3)19-12(18)17-14(4,5)9-6-10(15)8-11(16)7-9/h6-8,12,17-18H,1-5H3. The number of benzene rings is 1. The van der Waals surface area contributed by atoms with Crippen molar-refractivity contribution in [3.05, 3.63) is 35.4 Å². The molecule has 0 bridgehead atoms. The lowest BCUT2D eigenvalue weighted by Crippen LogP contribution is -2.47. The summed E-state index contributed by atoms with van der Waals surface area (Å²) >= 11 is 0. The Morgan fingerprint density at radius 2 is 1.53 bits per heavy atom. The van der Waals surface area contributed by atoms with Crippen LogP contribution >= 0.6 is 0 Å². The highest BCUT2D eigenvalue weighted by molar-refractivity contribution is 5.24. The largest absolute Gasteiger partial charge is 0.356 e. The minimum atomic E-state index is -1.23. The van der Waals surface area contributed by atoms with Crippen molar-refractivity contribution >= 4 is 0 Å². The molecular weight excluding hydrogens is 252 g/mol. The molecule has 0 aliphatic heterocycles. The molecular formula is C14H21F2NO2. The average molecular weight is 273 g/mol. The van der Waals surface area contributed by atoms with Gasteiger partial charge >= 0.3 is 0 Å². The summed E-state index contributed by atoms with van der Waals surface area (Å²) in [6.45, 7) is 8.80. The van der Waals surface area contributed by atoms with Crippen molar-refractivity contribution in [2.75, 3.05) is 0 Å². The quantitative estimate of drug-likeness (QED) is 0.829. The third kappa shape index (κ3) is 5.22. The van der Waals surface area contributed by atoms with E-state index in [1.807, 2.05) is 0 Å². The molecule has 0 aromatic heterocycles. The Hall–Kier alpha value is -1.04. The van der Waals surface area contributed by atoms with Gasteiger partial charge in [-0.2, -0.15) is 0 Å². The van der Waals surface area contributed by atoms with E-state index in [9.17, 15) is 13.9 Å². The van der Waals surface area contributed by atoms with Gasteiger partial charge in [0, 0.05) is 11.6 Å². The van der Waals surface area contributed by atoms with Gasteiger partial charge in [-0.25, -0.2) is 8.78 Å². The molecule has 0 radical (unpaired) electrons. The fourth-order valence-electron chi connectivity index (χ4n) is 1.67. The summed E-state index contributed by atoms with van der Waals surface area (Å²) < 4.78 is 31.7. The number of aliphatic hydroxyl groups excluding tert-OH is 1. The molecule has 0 fully saturated rings. The second-order valence-corrected chi connectivity index (χ2v) is 6.01. The van der Waals surface area contributed by atoms with E-state index in [-0.39, 0.29) is 0 Å². The van der Waals surface area contributed by atoms with E-state index in [1.165, 1.54) is 12.1 Å².